The fourth-order valence-electron chi connectivity index (χ4n) is 3.62. The highest BCUT2D eigenvalue weighted by Gasteiger charge is 2.22. The van der Waals surface area contributed by atoms with Crippen LogP contribution in [-0.4, -0.2) is 33.0 Å². The van der Waals surface area contributed by atoms with Crippen LogP contribution in [0.15, 0.2) is 47.4 Å². The summed E-state index contributed by atoms with van der Waals surface area (Å²) in [6, 6.07) is 11.9. The van der Waals surface area contributed by atoms with Crippen molar-refractivity contribution in [2.45, 2.75) is 38.6 Å². The van der Waals surface area contributed by atoms with E-state index in [-0.39, 0.29) is 17.8 Å². The highest BCUT2D eigenvalue weighted by atomic mass is 32.2. The monoisotopic (exact) mass is 486 g/mol. The van der Waals surface area contributed by atoms with Crippen molar-refractivity contribution in [2.24, 2.45) is 0 Å². The van der Waals surface area contributed by atoms with Crippen molar-refractivity contribution < 1.29 is 13.6 Å². The number of anilines is 1. The van der Waals surface area contributed by atoms with Gasteiger partial charge >= 0.3 is 0 Å². The number of hydrogen-bond donors (Lipinski definition) is 0. The predicted octanol–water partition coefficient (Wildman–Crippen LogP) is 5.78. The van der Waals surface area contributed by atoms with Crippen LogP contribution in [0.5, 0.6) is 0 Å². The van der Waals surface area contributed by atoms with Crippen molar-refractivity contribution in [1.29, 1.82) is 0 Å². The van der Waals surface area contributed by atoms with Crippen molar-refractivity contribution >= 4 is 44.4 Å². The van der Waals surface area contributed by atoms with Crippen molar-refractivity contribution in [3.63, 3.8) is 0 Å². The van der Waals surface area contributed by atoms with Crippen LogP contribution in [-0.2, 0) is 17.8 Å². The molecule has 0 bridgehead atoms. The largest absolute Gasteiger partial charge is 0.286 e. The molecule has 0 aliphatic rings. The van der Waals surface area contributed by atoms with E-state index in [1.807, 2.05) is 48.9 Å². The Balaban J connectivity index is 1.62. The van der Waals surface area contributed by atoms with Gasteiger partial charge in [0.2, 0.25) is 5.91 Å². The Labute approximate surface area is 199 Å². The maximum Gasteiger partial charge on any atom is 0.233 e. The first-order chi connectivity index (χ1) is 15.8. The average Bonchev–Trinajstić information content (AvgIpc) is 3.32. The van der Waals surface area contributed by atoms with E-state index >= 15 is 0 Å². The number of benzene rings is 2. The molecule has 0 saturated carbocycles. The van der Waals surface area contributed by atoms with Gasteiger partial charge in [-0.1, -0.05) is 30.4 Å². The number of fused-ring (bicyclic) bond motifs is 1. The maximum atomic E-state index is 14.3. The number of thiazole rings is 1. The molecule has 9 heteroatoms. The zero-order valence-corrected chi connectivity index (χ0v) is 20.3. The number of aryl methyl sites for hydroxylation is 2. The van der Waals surface area contributed by atoms with Crippen molar-refractivity contribution in [2.75, 3.05) is 17.2 Å². The second-order valence-electron chi connectivity index (χ2n) is 7.68. The van der Waals surface area contributed by atoms with E-state index in [1.54, 1.807) is 16.7 Å². The summed E-state index contributed by atoms with van der Waals surface area (Å²) in [6.45, 7) is 6.74. The van der Waals surface area contributed by atoms with Crippen LogP contribution >= 0.6 is 23.1 Å². The predicted molar refractivity (Wildman–Crippen MR) is 130 cm³/mol. The Hall–Kier alpha value is -2.78. The summed E-state index contributed by atoms with van der Waals surface area (Å²) >= 11 is 2.85. The van der Waals surface area contributed by atoms with E-state index in [0.29, 0.717) is 22.9 Å². The number of hydrogen-bond acceptors (Lipinski definition) is 5. The smallest absolute Gasteiger partial charge is 0.233 e. The summed E-state index contributed by atoms with van der Waals surface area (Å²) in [5, 5.41) is 4.81. The lowest BCUT2D eigenvalue weighted by atomic mass is 10.1. The lowest BCUT2D eigenvalue weighted by molar-refractivity contribution is -0.118. The van der Waals surface area contributed by atoms with Gasteiger partial charge in [0.05, 0.1) is 23.4 Å². The van der Waals surface area contributed by atoms with E-state index in [0.717, 1.165) is 45.0 Å². The molecular weight excluding hydrogens is 462 g/mol. The van der Waals surface area contributed by atoms with Crippen LogP contribution in [0.25, 0.3) is 10.2 Å². The van der Waals surface area contributed by atoms with Gasteiger partial charge in [0.25, 0.3) is 0 Å². The molecule has 2 aromatic carbocycles. The third kappa shape index (κ3) is 5.42. The summed E-state index contributed by atoms with van der Waals surface area (Å²) in [5.74, 6) is -0.580. The minimum absolute atomic E-state index is 0.0706. The van der Waals surface area contributed by atoms with E-state index in [2.05, 4.69) is 17.0 Å². The number of aromatic nitrogens is 3. The number of nitrogens with zero attached hydrogens (tertiary/aromatic N) is 4. The van der Waals surface area contributed by atoms with Gasteiger partial charge in [0, 0.05) is 23.2 Å². The number of rotatable bonds is 8. The Kier molecular flexibility index (Phi) is 7.09. The van der Waals surface area contributed by atoms with Crippen LogP contribution < -0.4 is 4.90 Å². The summed E-state index contributed by atoms with van der Waals surface area (Å²) < 4.78 is 30.2. The van der Waals surface area contributed by atoms with Gasteiger partial charge in [0.1, 0.15) is 11.3 Å². The Morgan fingerprint density at radius 1 is 1.15 bits per heavy atom. The van der Waals surface area contributed by atoms with Crippen molar-refractivity contribution in [1.82, 2.24) is 14.8 Å². The maximum absolute atomic E-state index is 14.3. The number of halogens is 2. The molecule has 1 amide bonds. The fourth-order valence-corrected chi connectivity index (χ4v) is 5.33. The molecule has 0 spiro atoms. The number of amides is 1. The van der Waals surface area contributed by atoms with E-state index in [1.165, 1.54) is 6.07 Å². The first-order valence-corrected chi connectivity index (χ1v) is 12.4. The van der Waals surface area contributed by atoms with Crippen molar-refractivity contribution in [3.8, 4) is 0 Å². The highest BCUT2D eigenvalue weighted by Crippen LogP contribution is 2.31. The molecule has 0 saturated heterocycles. The van der Waals surface area contributed by atoms with Gasteiger partial charge in [-0.25, -0.2) is 13.8 Å². The van der Waals surface area contributed by atoms with E-state index < -0.39 is 11.6 Å². The molecule has 5 nitrogen and oxygen atoms in total. The van der Waals surface area contributed by atoms with E-state index in [4.69, 9.17) is 0 Å². The van der Waals surface area contributed by atoms with Crippen LogP contribution in [0.2, 0.25) is 0 Å². The van der Waals surface area contributed by atoms with Gasteiger partial charge in [-0.15, -0.1) is 11.8 Å². The van der Waals surface area contributed by atoms with Gasteiger partial charge < -0.3 is 0 Å². The number of carbonyl (C=O) groups excluding carboxylic acids is 1. The molecule has 0 fully saturated rings. The Morgan fingerprint density at radius 3 is 2.58 bits per heavy atom. The fraction of sp³-hybridized carbons (Fsp3) is 0.292. The van der Waals surface area contributed by atoms with Crippen LogP contribution in [0.3, 0.4) is 0 Å². The lowest BCUT2D eigenvalue weighted by Gasteiger charge is -2.20. The van der Waals surface area contributed by atoms with Crippen LogP contribution in [0.4, 0.5) is 13.9 Å². The minimum atomic E-state index is -0.734. The number of carbonyl (C=O) groups is 1. The van der Waals surface area contributed by atoms with E-state index in [9.17, 15) is 13.6 Å². The standard InChI is InChI=1S/C24H24F2N4OS2/c1-4-32-19-7-5-17(6-8-19)12-22(31)29(9-10-30-16(3)11-15(2)28-30)24-27-23-20(26)13-18(25)14-21(23)33-24/h5-8,11,13-14H,4,9-10,12H2,1-3H3. The normalized spacial score (nSPS) is 11.3. The summed E-state index contributed by atoms with van der Waals surface area (Å²) in [6.07, 6.45) is 0.182. The van der Waals surface area contributed by atoms with Crippen LogP contribution in [0, 0.1) is 25.5 Å². The first-order valence-electron chi connectivity index (χ1n) is 10.6. The van der Waals surface area contributed by atoms with Gasteiger partial charge in [-0.3, -0.25) is 14.4 Å². The molecule has 4 rings (SSSR count). The molecule has 2 heterocycles. The highest BCUT2D eigenvalue weighted by molar-refractivity contribution is 7.99. The first kappa shape index (κ1) is 23.4. The lowest BCUT2D eigenvalue weighted by Crippen LogP contribution is -2.35. The second-order valence-corrected chi connectivity index (χ2v) is 10.0. The third-order valence-corrected chi connectivity index (χ3v) is 7.08. The minimum Gasteiger partial charge on any atom is -0.286 e. The molecule has 4 aromatic rings. The SMILES string of the molecule is CCSc1ccc(CC(=O)N(CCn2nc(C)cc2C)c2nc3c(F)cc(F)cc3s2)cc1. The van der Waals surface area contributed by atoms with Gasteiger partial charge in [0.15, 0.2) is 10.9 Å². The molecule has 0 N–H and O–H groups in total. The quantitative estimate of drug-likeness (QED) is 0.297. The molecule has 33 heavy (non-hydrogen) atoms. The molecule has 0 aliphatic carbocycles. The van der Waals surface area contributed by atoms with Gasteiger partial charge in [-0.2, -0.15) is 5.10 Å². The van der Waals surface area contributed by atoms with Crippen LogP contribution in [0.1, 0.15) is 23.9 Å². The molecule has 0 atom stereocenters. The molecular formula is C24H24F2N4OS2. The summed E-state index contributed by atoms with van der Waals surface area (Å²) in [4.78, 5) is 20.4. The molecule has 172 valence electrons. The molecule has 0 radical (unpaired) electrons. The zero-order valence-electron chi connectivity index (χ0n) is 18.6. The Bertz CT molecular complexity index is 1280. The average molecular weight is 487 g/mol. The summed E-state index contributed by atoms with van der Waals surface area (Å²) in [7, 11) is 0. The summed E-state index contributed by atoms with van der Waals surface area (Å²) in [5.41, 5.74) is 2.84. The number of thioether (sulfide) groups is 1. The second kappa shape index (κ2) is 10.0. The van der Waals surface area contributed by atoms with Crippen molar-refractivity contribution in [3.05, 3.63) is 71.1 Å². The van der Waals surface area contributed by atoms with Gasteiger partial charge in [-0.05, 0) is 49.4 Å². The molecule has 0 aliphatic heterocycles. The topological polar surface area (TPSA) is 51.0 Å². The zero-order chi connectivity index (χ0) is 23.5. The third-order valence-electron chi connectivity index (χ3n) is 5.16. The molecule has 0 unspecified atom stereocenters. The molecule has 2 aromatic heterocycles. The Morgan fingerprint density at radius 2 is 1.91 bits per heavy atom.